The summed E-state index contributed by atoms with van der Waals surface area (Å²) in [5.41, 5.74) is 1.55. The molecule has 1 heterocycles. The molecule has 3 N–H and O–H groups in total. The number of nitrogens with one attached hydrogen (secondary N) is 3. The van der Waals surface area contributed by atoms with E-state index in [0.717, 1.165) is 0 Å². The van der Waals surface area contributed by atoms with Crippen LogP contribution in [0.3, 0.4) is 0 Å². The molecule has 0 fully saturated rings. The highest BCUT2D eigenvalue weighted by atomic mass is 32.2. The number of anilines is 5. The van der Waals surface area contributed by atoms with Gasteiger partial charge in [0, 0.05) is 36.5 Å². The second-order valence-corrected chi connectivity index (χ2v) is 8.22. The first-order valence-corrected chi connectivity index (χ1v) is 11.6. The van der Waals surface area contributed by atoms with Crippen LogP contribution in [0.5, 0.6) is 5.75 Å². The predicted octanol–water partition coefficient (Wildman–Crippen LogP) is 3.99. The van der Waals surface area contributed by atoms with E-state index in [1.807, 2.05) is 0 Å². The third kappa shape index (κ3) is 6.83. The number of amides is 1. The van der Waals surface area contributed by atoms with Gasteiger partial charge in [-0.25, -0.2) is 9.37 Å². The smallest absolute Gasteiger partial charge is 0.247 e. The van der Waals surface area contributed by atoms with Gasteiger partial charge >= 0.3 is 0 Å². The highest BCUT2D eigenvalue weighted by Gasteiger charge is 2.13. The number of hydrogen-bond donors (Lipinski definition) is 3. The molecule has 2 aromatic carbocycles. The third-order valence-corrected chi connectivity index (χ3v) is 5.29. The normalized spacial score (nSPS) is 11.4. The van der Waals surface area contributed by atoms with Crippen LogP contribution in [0.15, 0.2) is 66.2 Å². The van der Waals surface area contributed by atoms with Gasteiger partial charge in [0.05, 0.1) is 28.5 Å². The zero-order valence-corrected chi connectivity index (χ0v) is 19.4. The van der Waals surface area contributed by atoms with Crippen LogP contribution in [-0.4, -0.2) is 46.7 Å². The Morgan fingerprint density at radius 1 is 1.15 bits per heavy atom. The van der Waals surface area contributed by atoms with Crippen molar-refractivity contribution in [3.05, 3.63) is 67.1 Å². The maximum absolute atomic E-state index is 14.3. The highest BCUT2D eigenvalue weighted by Crippen LogP contribution is 2.26. The predicted molar refractivity (Wildman–Crippen MR) is 130 cm³/mol. The average molecular weight is 486 g/mol. The number of carbonyl (C=O) groups is 1. The number of ether oxygens (including phenoxy) is 2. The van der Waals surface area contributed by atoms with E-state index in [1.165, 1.54) is 37.8 Å². The van der Waals surface area contributed by atoms with Gasteiger partial charge in [-0.1, -0.05) is 12.6 Å². The molecule has 1 aromatic heterocycles. The number of nitrogens with zero attached hydrogens (tertiary/aromatic N) is 2. The SMILES string of the molecule is C=CC(=O)Nc1cccc(Nc2nc(Nc3ccc(OCCOC)c(F)c3)ncc2S(C)=O)c1. The quantitative estimate of drug-likeness (QED) is 0.276. The first-order valence-electron chi connectivity index (χ1n) is 10.1. The van der Waals surface area contributed by atoms with Gasteiger partial charge in [-0.05, 0) is 36.4 Å². The lowest BCUT2D eigenvalue weighted by Crippen LogP contribution is -2.08. The first kappa shape index (κ1) is 24.8. The van der Waals surface area contributed by atoms with E-state index < -0.39 is 16.6 Å². The molecule has 0 aliphatic carbocycles. The van der Waals surface area contributed by atoms with E-state index in [2.05, 4.69) is 32.5 Å². The van der Waals surface area contributed by atoms with Crippen LogP contribution >= 0.6 is 0 Å². The van der Waals surface area contributed by atoms with Gasteiger partial charge in [-0.3, -0.25) is 9.00 Å². The van der Waals surface area contributed by atoms with Crippen molar-refractivity contribution in [1.82, 2.24) is 9.97 Å². The van der Waals surface area contributed by atoms with Crippen molar-refractivity contribution in [2.45, 2.75) is 4.90 Å². The number of halogens is 1. The summed E-state index contributed by atoms with van der Waals surface area (Å²) in [5, 5.41) is 8.69. The second-order valence-electron chi connectivity index (χ2n) is 6.87. The average Bonchev–Trinajstić information content (AvgIpc) is 2.81. The van der Waals surface area contributed by atoms with Gasteiger partial charge in [-0.15, -0.1) is 0 Å². The fourth-order valence-electron chi connectivity index (χ4n) is 2.80. The molecule has 0 bridgehead atoms. The monoisotopic (exact) mass is 485 g/mol. The van der Waals surface area contributed by atoms with Gasteiger partial charge in [0.1, 0.15) is 6.61 Å². The van der Waals surface area contributed by atoms with Gasteiger partial charge in [0.15, 0.2) is 17.4 Å². The van der Waals surface area contributed by atoms with Crippen molar-refractivity contribution in [2.75, 3.05) is 42.5 Å². The van der Waals surface area contributed by atoms with E-state index in [9.17, 15) is 13.4 Å². The molecule has 1 atom stereocenters. The summed E-state index contributed by atoms with van der Waals surface area (Å²) in [6, 6.07) is 11.3. The van der Waals surface area contributed by atoms with E-state index in [0.29, 0.717) is 34.4 Å². The lowest BCUT2D eigenvalue weighted by Gasteiger charge is -2.13. The number of aromatic nitrogens is 2. The largest absolute Gasteiger partial charge is 0.488 e. The lowest BCUT2D eigenvalue weighted by molar-refractivity contribution is -0.111. The Labute approximate surface area is 198 Å². The van der Waals surface area contributed by atoms with Crippen molar-refractivity contribution in [2.24, 2.45) is 0 Å². The van der Waals surface area contributed by atoms with Crippen LogP contribution < -0.4 is 20.7 Å². The minimum atomic E-state index is -1.38. The fourth-order valence-corrected chi connectivity index (χ4v) is 3.37. The zero-order chi connectivity index (χ0) is 24.5. The Balaban J connectivity index is 1.81. The molecule has 34 heavy (non-hydrogen) atoms. The van der Waals surface area contributed by atoms with Crippen molar-refractivity contribution >= 4 is 45.5 Å². The molecule has 1 unspecified atom stereocenters. The topological polar surface area (TPSA) is 114 Å². The lowest BCUT2D eigenvalue weighted by atomic mass is 10.2. The third-order valence-electron chi connectivity index (χ3n) is 4.38. The van der Waals surface area contributed by atoms with Crippen LogP contribution in [0, 0.1) is 5.82 Å². The molecule has 3 aromatic rings. The Bertz CT molecular complexity index is 1210. The molecule has 178 valence electrons. The van der Waals surface area contributed by atoms with Crippen LogP contribution in [0.4, 0.5) is 33.2 Å². The van der Waals surface area contributed by atoms with Crippen molar-refractivity contribution < 1.29 is 22.9 Å². The van der Waals surface area contributed by atoms with E-state index >= 15 is 0 Å². The number of methoxy groups -OCH3 is 1. The summed E-state index contributed by atoms with van der Waals surface area (Å²) in [6.45, 7) is 4.00. The number of rotatable bonds is 11. The standard InChI is InChI=1S/C23H24FN5O4S/c1-4-21(30)26-15-6-5-7-16(12-15)27-22-20(34(3)31)14-25-23(29-22)28-17-8-9-19(18(24)13-17)33-11-10-32-2/h4-9,12-14H,1,10-11H2,2-3H3,(H,26,30)(H2,25,27,28,29). The summed E-state index contributed by atoms with van der Waals surface area (Å²) in [4.78, 5) is 20.5. The molecule has 0 saturated carbocycles. The Morgan fingerprint density at radius 2 is 1.91 bits per heavy atom. The minimum absolute atomic E-state index is 0.103. The maximum Gasteiger partial charge on any atom is 0.247 e. The molecular weight excluding hydrogens is 461 g/mol. The number of hydrogen-bond acceptors (Lipinski definition) is 8. The molecule has 1 amide bonds. The van der Waals surface area contributed by atoms with Crippen LogP contribution in [-0.2, 0) is 20.3 Å². The Kier molecular flexibility index (Phi) is 8.66. The molecule has 0 spiro atoms. The van der Waals surface area contributed by atoms with Crippen molar-refractivity contribution in [3.63, 3.8) is 0 Å². The number of benzene rings is 2. The van der Waals surface area contributed by atoms with Gasteiger partial charge in [-0.2, -0.15) is 4.98 Å². The van der Waals surface area contributed by atoms with Crippen LogP contribution in [0.2, 0.25) is 0 Å². The Morgan fingerprint density at radius 3 is 2.62 bits per heavy atom. The zero-order valence-electron chi connectivity index (χ0n) is 18.6. The van der Waals surface area contributed by atoms with Crippen molar-refractivity contribution in [3.8, 4) is 5.75 Å². The molecule has 0 aliphatic rings. The van der Waals surface area contributed by atoms with E-state index in [1.54, 1.807) is 30.3 Å². The summed E-state index contributed by atoms with van der Waals surface area (Å²) in [7, 11) is 0.154. The minimum Gasteiger partial charge on any atom is -0.488 e. The molecule has 3 rings (SSSR count). The maximum atomic E-state index is 14.3. The van der Waals surface area contributed by atoms with Gasteiger partial charge < -0.3 is 25.4 Å². The first-order chi connectivity index (χ1) is 16.4. The van der Waals surface area contributed by atoms with Gasteiger partial charge in [0.25, 0.3) is 0 Å². The molecule has 0 saturated heterocycles. The van der Waals surface area contributed by atoms with Gasteiger partial charge in [0.2, 0.25) is 11.9 Å². The highest BCUT2D eigenvalue weighted by molar-refractivity contribution is 7.84. The van der Waals surface area contributed by atoms with E-state index in [4.69, 9.17) is 9.47 Å². The molecular formula is C23H24FN5O4S. The molecule has 11 heteroatoms. The number of carbonyl (C=O) groups excluding carboxylic acids is 1. The summed E-state index contributed by atoms with van der Waals surface area (Å²) >= 11 is 0. The Hall–Kier alpha value is -3.83. The molecule has 0 radical (unpaired) electrons. The second kappa shape index (κ2) is 11.9. The van der Waals surface area contributed by atoms with Crippen LogP contribution in [0.25, 0.3) is 0 Å². The summed E-state index contributed by atoms with van der Waals surface area (Å²) in [6.07, 6.45) is 4.10. The molecule has 9 nitrogen and oxygen atoms in total. The fraction of sp³-hybridized carbons (Fsp3) is 0.174. The van der Waals surface area contributed by atoms with E-state index in [-0.39, 0.29) is 24.2 Å². The van der Waals surface area contributed by atoms with Crippen molar-refractivity contribution in [1.29, 1.82) is 0 Å². The molecule has 0 aliphatic heterocycles. The summed E-state index contributed by atoms with van der Waals surface area (Å²) < 4.78 is 36.7. The summed E-state index contributed by atoms with van der Waals surface area (Å²) in [5.74, 6) is -0.329. The van der Waals surface area contributed by atoms with Crippen LogP contribution in [0.1, 0.15) is 0 Å².